The Morgan fingerprint density at radius 3 is 2.35 bits per heavy atom. The van der Waals surface area contributed by atoms with Gasteiger partial charge in [-0.3, -0.25) is 13.9 Å². The summed E-state index contributed by atoms with van der Waals surface area (Å²) in [5, 5.41) is 3.33. The Morgan fingerprint density at radius 1 is 1.12 bits per heavy atom. The molecule has 11 heteroatoms. The number of carbonyl (C=O) groups is 2. The van der Waals surface area contributed by atoms with Gasteiger partial charge in [0.25, 0.3) is 0 Å². The van der Waals surface area contributed by atoms with Gasteiger partial charge in [-0.05, 0) is 56.2 Å². The van der Waals surface area contributed by atoms with E-state index in [9.17, 15) is 18.0 Å². The average molecular weight is 593 g/mol. The molecule has 186 valence electrons. The zero-order valence-corrected chi connectivity index (χ0v) is 23.1. The number of sulfonamides is 1. The maximum Gasteiger partial charge on any atom is 0.242 e. The molecule has 0 radical (unpaired) electrons. The van der Waals surface area contributed by atoms with E-state index in [4.69, 9.17) is 23.2 Å². The predicted molar refractivity (Wildman–Crippen MR) is 141 cm³/mol. The molecule has 0 saturated carbocycles. The van der Waals surface area contributed by atoms with Crippen molar-refractivity contribution in [3.63, 3.8) is 0 Å². The van der Waals surface area contributed by atoms with Crippen molar-refractivity contribution in [2.75, 3.05) is 23.7 Å². The number of likely N-dealkylation sites (N-methyl/N-ethyl adjacent to an activating group) is 1. The molecule has 2 amide bonds. The quantitative estimate of drug-likeness (QED) is 0.404. The molecule has 0 aliphatic heterocycles. The van der Waals surface area contributed by atoms with E-state index in [1.807, 2.05) is 31.2 Å². The monoisotopic (exact) mass is 591 g/mol. The summed E-state index contributed by atoms with van der Waals surface area (Å²) in [4.78, 5) is 27.2. The number of halogens is 3. The molecular formula is C23H28BrCl2N3O4S. The summed E-state index contributed by atoms with van der Waals surface area (Å²) in [6, 6.07) is 11.4. The van der Waals surface area contributed by atoms with Gasteiger partial charge in [0.1, 0.15) is 6.04 Å². The number of nitrogens with one attached hydrogen (secondary N) is 1. The number of carbonyl (C=O) groups excluding carboxylic acids is 2. The van der Waals surface area contributed by atoms with E-state index in [1.165, 1.54) is 17.0 Å². The highest BCUT2D eigenvalue weighted by molar-refractivity contribution is 9.10. The van der Waals surface area contributed by atoms with Crippen molar-refractivity contribution in [2.24, 2.45) is 0 Å². The second-order valence-electron chi connectivity index (χ2n) is 7.75. The lowest BCUT2D eigenvalue weighted by Crippen LogP contribution is -2.47. The van der Waals surface area contributed by atoms with Crippen molar-refractivity contribution in [3.8, 4) is 0 Å². The molecular weight excluding hydrogens is 565 g/mol. The zero-order valence-electron chi connectivity index (χ0n) is 19.2. The molecule has 2 rings (SSSR count). The van der Waals surface area contributed by atoms with Crippen molar-refractivity contribution in [1.82, 2.24) is 10.2 Å². The highest BCUT2D eigenvalue weighted by Crippen LogP contribution is 2.31. The molecule has 1 N–H and O–H groups in total. The van der Waals surface area contributed by atoms with Crippen molar-refractivity contribution in [1.29, 1.82) is 0 Å². The molecule has 7 nitrogen and oxygen atoms in total. The van der Waals surface area contributed by atoms with Crippen LogP contribution >= 0.6 is 39.1 Å². The number of anilines is 1. The molecule has 0 saturated heterocycles. The van der Waals surface area contributed by atoms with Crippen LogP contribution in [0.5, 0.6) is 0 Å². The fourth-order valence-electron chi connectivity index (χ4n) is 3.35. The Morgan fingerprint density at radius 2 is 1.76 bits per heavy atom. The molecule has 34 heavy (non-hydrogen) atoms. The number of amides is 2. The van der Waals surface area contributed by atoms with Crippen LogP contribution in [0.25, 0.3) is 0 Å². The normalized spacial score (nSPS) is 12.2. The van der Waals surface area contributed by atoms with Crippen LogP contribution in [-0.4, -0.2) is 50.5 Å². The van der Waals surface area contributed by atoms with Crippen LogP contribution in [0.15, 0.2) is 46.9 Å². The standard InChI is InChI=1S/C23H28BrCl2N3O4S/c1-4-27-23(31)16(2)28(15-17-7-9-18(24)10-8-17)22(30)6-5-13-29(34(3,32)33)21-14-19(25)11-12-20(21)26/h7-12,14,16H,4-6,13,15H2,1-3H3,(H,27,31)/t16-/m0/s1. The van der Waals surface area contributed by atoms with E-state index in [0.29, 0.717) is 11.6 Å². The van der Waals surface area contributed by atoms with E-state index >= 15 is 0 Å². The first kappa shape index (κ1) is 28.4. The molecule has 0 heterocycles. The van der Waals surface area contributed by atoms with Gasteiger partial charge in [-0.2, -0.15) is 0 Å². The van der Waals surface area contributed by atoms with E-state index in [1.54, 1.807) is 13.0 Å². The van der Waals surface area contributed by atoms with Gasteiger partial charge in [-0.15, -0.1) is 0 Å². The minimum Gasteiger partial charge on any atom is -0.355 e. The number of hydrogen-bond donors (Lipinski definition) is 1. The summed E-state index contributed by atoms with van der Waals surface area (Å²) >= 11 is 15.6. The molecule has 0 unspecified atom stereocenters. The largest absolute Gasteiger partial charge is 0.355 e. The van der Waals surface area contributed by atoms with E-state index < -0.39 is 16.1 Å². The van der Waals surface area contributed by atoms with Crippen LogP contribution in [0.2, 0.25) is 10.0 Å². The van der Waals surface area contributed by atoms with Crippen LogP contribution in [0.4, 0.5) is 5.69 Å². The summed E-state index contributed by atoms with van der Waals surface area (Å²) < 4.78 is 26.9. The molecule has 0 fully saturated rings. The van der Waals surface area contributed by atoms with Gasteiger partial charge in [0.15, 0.2) is 0 Å². The number of nitrogens with zero attached hydrogens (tertiary/aromatic N) is 2. The Kier molecular flexibility index (Phi) is 10.7. The SMILES string of the molecule is CCNC(=O)[C@H](C)N(Cc1ccc(Br)cc1)C(=O)CCCN(c1cc(Cl)ccc1Cl)S(C)(=O)=O. The van der Waals surface area contributed by atoms with Crippen LogP contribution in [-0.2, 0) is 26.2 Å². The van der Waals surface area contributed by atoms with Gasteiger partial charge in [0.05, 0.1) is 17.0 Å². The highest BCUT2D eigenvalue weighted by Gasteiger charge is 2.26. The Balaban J connectivity index is 2.18. The second-order valence-corrected chi connectivity index (χ2v) is 11.4. The first-order valence-electron chi connectivity index (χ1n) is 10.7. The molecule has 0 spiro atoms. The Hall–Kier alpha value is -1.81. The third-order valence-corrected chi connectivity index (χ3v) is 7.38. The first-order chi connectivity index (χ1) is 15.9. The minimum absolute atomic E-state index is 0.0340. The summed E-state index contributed by atoms with van der Waals surface area (Å²) in [5.74, 6) is -0.510. The average Bonchev–Trinajstić information content (AvgIpc) is 2.77. The minimum atomic E-state index is -3.67. The molecule has 0 aromatic heterocycles. The van der Waals surface area contributed by atoms with Crippen LogP contribution in [0, 0.1) is 0 Å². The molecule has 1 atom stereocenters. The van der Waals surface area contributed by atoms with Crippen molar-refractivity contribution < 1.29 is 18.0 Å². The van der Waals surface area contributed by atoms with Gasteiger partial charge < -0.3 is 10.2 Å². The highest BCUT2D eigenvalue weighted by atomic mass is 79.9. The molecule has 0 aliphatic carbocycles. The first-order valence-corrected chi connectivity index (χ1v) is 14.1. The Labute approximate surface area is 219 Å². The molecule has 2 aromatic carbocycles. The second kappa shape index (κ2) is 12.8. The van der Waals surface area contributed by atoms with Crippen molar-refractivity contribution >= 4 is 66.7 Å². The van der Waals surface area contributed by atoms with Crippen LogP contribution in [0.3, 0.4) is 0 Å². The summed E-state index contributed by atoms with van der Waals surface area (Å²) in [6.45, 7) is 4.22. The van der Waals surface area contributed by atoms with Gasteiger partial charge >= 0.3 is 0 Å². The van der Waals surface area contributed by atoms with Gasteiger partial charge in [-0.25, -0.2) is 8.42 Å². The van der Waals surface area contributed by atoms with Gasteiger partial charge in [-0.1, -0.05) is 51.3 Å². The lowest BCUT2D eigenvalue weighted by atomic mass is 10.1. The lowest BCUT2D eigenvalue weighted by Gasteiger charge is -2.29. The summed E-state index contributed by atoms with van der Waals surface area (Å²) in [5.41, 5.74) is 1.13. The lowest BCUT2D eigenvalue weighted by molar-refractivity contribution is -0.140. The molecule has 2 aromatic rings. The maximum atomic E-state index is 13.2. The Bertz CT molecular complexity index is 1110. The van der Waals surface area contributed by atoms with E-state index in [2.05, 4.69) is 21.2 Å². The summed E-state index contributed by atoms with van der Waals surface area (Å²) in [6.07, 6.45) is 1.35. The topological polar surface area (TPSA) is 86.8 Å². The molecule has 0 aliphatic rings. The van der Waals surface area contributed by atoms with Gasteiger partial charge in [0.2, 0.25) is 21.8 Å². The van der Waals surface area contributed by atoms with Crippen molar-refractivity contribution in [2.45, 2.75) is 39.3 Å². The van der Waals surface area contributed by atoms with Crippen LogP contribution < -0.4 is 9.62 Å². The molecule has 0 bridgehead atoms. The fourth-order valence-corrected chi connectivity index (χ4v) is 5.02. The summed E-state index contributed by atoms with van der Waals surface area (Å²) in [7, 11) is -3.67. The fraction of sp³-hybridized carbons (Fsp3) is 0.391. The van der Waals surface area contributed by atoms with Crippen LogP contribution in [0.1, 0.15) is 32.3 Å². The third kappa shape index (κ3) is 8.15. The van der Waals surface area contributed by atoms with E-state index in [-0.39, 0.29) is 48.5 Å². The maximum absolute atomic E-state index is 13.2. The zero-order chi connectivity index (χ0) is 25.5. The van der Waals surface area contributed by atoms with Gasteiger partial charge in [0, 0.05) is 35.6 Å². The number of hydrogen-bond acceptors (Lipinski definition) is 4. The smallest absolute Gasteiger partial charge is 0.242 e. The number of rotatable bonds is 11. The van der Waals surface area contributed by atoms with Crippen molar-refractivity contribution in [3.05, 3.63) is 62.5 Å². The predicted octanol–water partition coefficient (Wildman–Crippen LogP) is 4.86. The number of benzene rings is 2. The third-order valence-electron chi connectivity index (χ3n) is 5.11. The van der Waals surface area contributed by atoms with E-state index in [0.717, 1.165) is 20.6 Å².